The minimum absolute atomic E-state index is 0.256. The van der Waals surface area contributed by atoms with E-state index >= 15 is 0 Å². The molecule has 8 nitrogen and oxygen atoms in total. The number of para-hydroxylation sites is 1. The second-order valence-corrected chi connectivity index (χ2v) is 8.02. The van der Waals surface area contributed by atoms with Crippen LogP contribution in [0.25, 0.3) is 0 Å². The number of rotatable bonds is 8. The van der Waals surface area contributed by atoms with E-state index in [4.69, 9.17) is 14.2 Å². The highest BCUT2D eigenvalue weighted by Crippen LogP contribution is 2.34. The van der Waals surface area contributed by atoms with Crippen molar-refractivity contribution in [3.8, 4) is 17.2 Å². The standard InChI is InChI=1S/C19H22N2O6S/c1-28(23,24)21(15-7-8-17-18(13-15)27-12-11-26-17)14-19(22)20-9-10-25-16-5-3-2-4-6-16/h2-8,13H,9-12,14H2,1H3,(H,20,22). The average Bonchev–Trinajstić information content (AvgIpc) is 2.69. The van der Waals surface area contributed by atoms with Gasteiger partial charge in [-0.2, -0.15) is 0 Å². The first-order valence-electron chi connectivity index (χ1n) is 8.75. The van der Waals surface area contributed by atoms with Crippen LogP contribution in [-0.4, -0.2) is 53.5 Å². The van der Waals surface area contributed by atoms with E-state index in [0.717, 1.165) is 10.6 Å². The zero-order valence-corrected chi connectivity index (χ0v) is 16.3. The second-order valence-electron chi connectivity index (χ2n) is 6.11. The number of ether oxygens (including phenoxy) is 3. The van der Waals surface area contributed by atoms with E-state index in [1.807, 2.05) is 30.3 Å². The largest absolute Gasteiger partial charge is 0.492 e. The summed E-state index contributed by atoms with van der Waals surface area (Å²) in [5.41, 5.74) is 0.336. The molecular formula is C19H22N2O6S. The summed E-state index contributed by atoms with van der Waals surface area (Å²) < 4.78 is 41.9. The molecule has 9 heteroatoms. The predicted molar refractivity (Wildman–Crippen MR) is 105 cm³/mol. The van der Waals surface area contributed by atoms with Crippen molar-refractivity contribution in [2.75, 3.05) is 43.5 Å². The van der Waals surface area contributed by atoms with Crippen molar-refractivity contribution in [1.29, 1.82) is 0 Å². The number of sulfonamides is 1. The van der Waals surface area contributed by atoms with Gasteiger partial charge in [-0.05, 0) is 24.3 Å². The Morgan fingerprint density at radius 2 is 1.82 bits per heavy atom. The molecule has 1 aliphatic rings. The molecule has 0 atom stereocenters. The first-order valence-corrected chi connectivity index (χ1v) is 10.6. The average molecular weight is 406 g/mol. The second kappa shape index (κ2) is 8.83. The Morgan fingerprint density at radius 3 is 2.54 bits per heavy atom. The number of anilines is 1. The zero-order valence-electron chi connectivity index (χ0n) is 15.5. The summed E-state index contributed by atoms with van der Waals surface area (Å²) >= 11 is 0. The number of benzene rings is 2. The fourth-order valence-electron chi connectivity index (χ4n) is 2.65. The SMILES string of the molecule is CS(=O)(=O)N(CC(=O)NCCOc1ccccc1)c1ccc2c(c1)OCCO2. The molecule has 150 valence electrons. The fraction of sp³-hybridized carbons (Fsp3) is 0.316. The Labute approximate surface area is 164 Å². The number of nitrogens with zero attached hydrogens (tertiary/aromatic N) is 1. The van der Waals surface area contributed by atoms with Gasteiger partial charge in [0.05, 0.1) is 18.5 Å². The van der Waals surface area contributed by atoms with Gasteiger partial charge in [-0.1, -0.05) is 18.2 Å². The van der Waals surface area contributed by atoms with Gasteiger partial charge in [-0.3, -0.25) is 9.10 Å². The molecule has 1 aliphatic heterocycles. The summed E-state index contributed by atoms with van der Waals surface area (Å²) in [5.74, 6) is 1.27. The molecule has 28 heavy (non-hydrogen) atoms. The summed E-state index contributed by atoms with van der Waals surface area (Å²) in [5, 5.41) is 2.66. The Morgan fingerprint density at radius 1 is 1.11 bits per heavy atom. The van der Waals surface area contributed by atoms with Gasteiger partial charge in [0, 0.05) is 6.07 Å². The third kappa shape index (κ3) is 5.29. The lowest BCUT2D eigenvalue weighted by Crippen LogP contribution is -2.41. The molecule has 0 aliphatic carbocycles. The third-order valence-electron chi connectivity index (χ3n) is 3.94. The maximum Gasteiger partial charge on any atom is 0.240 e. The molecule has 0 fully saturated rings. The molecule has 0 radical (unpaired) electrons. The van der Waals surface area contributed by atoms with Gasteiger partial charge < -0.3 is 19.5 Å². The van der Waals surface area contributed by atoms with E-state index in [9.17, 15) is 13.2 Å². The van der Waals surface area contributed by atoms with Crippen LogP contribution < -0.4 is 23.8 Å². The lowest BCUT2D eigenvalue weighted by atomic mass is 10.2. The van der Waals surface area contributed by atoms with Crippen molar-refractivity contribution in [1.82, 2.24) is 5.32 Å². The molecule has 0 saturated carbocycles. The molecule has 0 saturated heterocycles. The van der Waals surface area contributed by atoms with Crippen molar-refractivity contribution < 1.29 is 27.4 Å². The highest BCUT2D eigenvalue weighted by Gasteiger charge is 2.23. The Balaban J connectivity index is 1.59. The van der Waals surface area contributed by atoms with Gasteiger partial charge in [-0.25, -0.2) is 8.42 Å². The van der Waals surface area contributed by atoms with Crippen molar-refractivity contribution in [2.24, 2.45) is 0 Å². The van der Waals surface area contributed by atoms with Gasteiger partial charge in [-0.15, -0.1) is 0 Å². The van der Waals surface area contributed by atoms with Crippen molar-refractivity contribution in [2.45, 2.75) is 0 Å². The molecule has 1 heterocycles. The lowest BCUT2D eigenvalue weighted by molar-refractivity contribution is -0.119. The topological polar surface area (TPSA) is 94.2 Å². The molecule has 0 unspecified atom stereocenters. The summed E-state index contributed by atoms with van der Waals surface area (Å²) in [7, 11) is -3.67. The summed E-state index contributed by atoms with van der Waals surface area (Å²) in [6.45, 7) is 1.02. The number of hydrogen-bond donors (Lipinski definition) is 1. The van der Waals surface area contributed by atoms with E-state index in [1.165, 1.54) is 0 Å². The van der Waals surface area contributed by atoms with Gasteiger partial charge in [0.1, 0.15) is 32.1 Å². The Bertz CT molecular complexity index is 917. The molecule has 0 spiro atoms. The van der Waals surface area contributed by atoms with E-state index in [2.05, 4.69) is 5.32 Å². The molecule has 1 N–H and O–H groups in total. The first-order chi connectivity index (χ1) is 13.4. The quantitative estimate of drug-likeness (QED) is 0.667. The number of carbonyl (C=O) groups is 1. The summed E-state index contributed by atoms with van der Waals surface area (Å²) in [4.78, 5) is 12.2. The Kier molecular flexibility index (Phi) is 6.25. The third-order valence-corrected chi connectivity index (χ3v) is 5.08. The van der Waals surface area contributed by atoms with E-state index in [1.54, 1.807) is 18.2 Å². The van der Waals surface area contributed by atoms with Crippen LogP contribution in [0, 0.1) is 0 Å². The molecular weight excluding hydrogens is 384 g/mol. The van der Waals surface area contributed by atoms with Crippen LogP contribution in [-0.2, 0) is 14.8 Å². The predicted octanol–water partition coefficient (Wildman–Crippen LogP) is 1.42. The smallest absolute Gasteiger partial charge is 0.240 e. The highest BCUT2D eigenvalue weighted by atomic mass is 32.2. The van der Waals surface area contributed by atoms with Crippen molar-refractivity contribution >= 4 is 21.6 Å². The van der Waals surface area contributed by atoms with Crippen molar-refractivity contribution in [3.05, 3.63) is 48.5 Å². The van der Waals surface area contributed by atoms with Crippen LogP contribution in [0.3, 0.4) is 0 Å². The molecule has 2 aromatic carbocycles. The highest BCUT2D eigenvalue weighted by molar-refractivity contribution is 7.92. The maximum atomic E-state index is 12.2. The van der Waals surface area contributed by atoms with Crippen molar-refractivity contribution in [3.63, 3.8) is 0 Å². The molecule has 0 aromatic heterocycles. The van der Waals surface area contributed by atoms with Crippen LogP contribution >= 0.6 is 0 Å². The van der Waals surface area contributed by atoms with Crippen LogP contribution in [0.15, 0.2) is 48.5 Å². The number of amides is 1. The summed E-state index contributed by atoms with van der Waals surface area (Å²) in [6.07, 6.45) is 1.05. The number of fused-ring (bicyclic) bond motifs is 1. The van der Waals surface area contributed by atoms with Crippen LogP contribution in [0.2, 0.25) is 0 Å². The van der Waals surface area contributed by atoms with Gasteiger partial charge in [0.2, 0.25) is 15.9 Å². The van der Waals surface area contributed by atoms with E-state index < -0.39 is 15.9 Å². The van der Waals surface area contributed by atoms with Gasteiger partial charge in [0.25, 0.3) is 0 Å². The number of carbonyl (C=O) groups excluding carboxylic acids is 1. The maximum absolute atomic E-state index is 12.2. The number of hydrogen-bond acceptors (Lipinski definition) is 6. The monoisotopic (exact) mass is 406 g/mol. The molecule has 0 bridgehead atoms. The normalized spacial score (nSPS) is 12.9. The lowest BCUT2D eigenvalue weighted by Gasteiger charge is -2.24. The van der Waals surface area contributed by atoms with Crippen LogP contribution in [0.5, 0.6) is 17.2 Å². The van der Waals surface area contributed by atoms with E-state index in [0.29, 0.717) is 36.1 Å². The van der Waals surface area contributed by atoms with Crippen LogP contribution in [0.4, 0.5) is 5.69 Å². The van der Waals surface area contributed by atoms with Gasteiger partial charge >= 0.3 is 0 Å². The zero-order chi connectivity index (χ0) is 20.0. The van der Waals surface area contributed by atoms with Gasteiger partial charge in [0.15, 0.2) is 11.5 Å². The van der Waals surface area contributed by atoms with E-state index in [-0.39, 0.29) is 19.7 Å². The summed E-state index contributed by atoms with van der Waals surface area (Å²) in [6, 6.07) is 14.0. The minimum Gasteiger partial charge on any atom is -0.492 e. The molecule has 1 amide bonds. The number of nitrogens with one attached hydrogen (secondary N) is 1. The fourth-order valence-corrected chi connectivity index (χ4v) is 3.50. The minimum atomic E-state index is -3.67. The Hall–Kier alpha value is -2.94. The molecule has 3 rings (SSSR count). The molecule has 2 aromatic rings. The first kappa shape index (κ1) is 19.8. The van der Waals surface area contributed by atoms with Crippen LogP contribution in [0.1, 0.15) is 0 Å².